The Bertz CT molecular complexity index is 1350. The number of hydrogen-bond donors (Lipinski definition) is 1. The molecule has 2 aliphatic carbocycles. The van der Waals surface area contributed by atoms with E-state index in [-0.39, 0.29) is 17.8 Å². The van der Waals surface area contributed by atoms with Crippen molar-refractivity contribution in [3.05, 3.63) is 100 Å². The highest BCUT2D eigenvalue weighted by molar-refractivity contribution is 5.97. The Morgan fingerprint density at radius 2 is 1.95 bits per heavy atom. The normalized spacial score (nSPS) is 24.4. The summed E-state index contributed by atoms with van der Waals surface area (Å²) in [6, 6.07) is 9.33. The first-order valence-corrected chi connectivity index (χ1v) is 16.7. The zero-order chi connectivity index (χ0) is 30.2. The lowest BCUT2D eigenvalue weighted by Gasteiger charge is -2.33. The minimum Gasteiger partial charge on any atom is -0.393 e. The van der Waals surface area contributed by atoms with Crippen molar-refractivity contribution in [1.29, 1.82) is 0 Å². The molecule has 4 nitrogen and oxygen atoms in total. The third-order valence-electron chi connectivity index (χ3n) is 9.38. The first-order valence-electron chi connectivity index (χ1n) is 16.7. The fourth-order valence-corrected chi connectivity index (χ4v) is 6.74. The number of ketones is 1. The van der Waals surface area contributed by atoms with Crippen LogP contribution in [0.2, 0.25) is 0 Å². The lowest BCUT2D eigenvalue weighted by Crippen LogP contribution is -2.35. The maximum absolute atomic E-state index is 12.9. The number of allylic oxidation sites excluding steroid dienone is 8. The largest absolute Gasteiger partial charge is 0.393 e. The van der Waals surface area contributed by atoms with Crippen molar-refractivity contribution in [2.45, 2.75) is 97.0 Å². The first kappa shape index (κ1) is 31.2. The lowest BCUT2D eigenvalue weighted by molar-refractivity contribution is -0.125. The molecule has 1 saturated carbocycles. The van der Waals surface area contributed by atoms with Gasteiger partial charge in [-0.3, -0.25) is 9.79 Å². The molecular formula is C39H50N2O2. The minimum atomic E-state index is -0.287. The Balaban J connectivity index is 1.30. The van der Waals surface area contributed by atoms with E-state index >= 15 is 0 Å². The van der Waals surface area contributed by atoms with Crippen molar-refractivity contribution in [3.8, 4) is 0 Å². The molecule has 1 N–H and O–H groups in total. The molecule has 1 aromatic rings. The number of rotatable bonds is 11. The molecule has 0 amide bonds. The summed E-state index contributed by atoms with van der Waals surface area (Å²) >= 11 is 0. The van der Waals surface area contributed by atoms with Crippen LogP contribution in [0.5, 0.6) is 0 Å². The van der Waals surface area contributed by atoms with Crippen molar-refractivity contribution in [1.82, 2.24) is 4.90 Å². The predicted octanol–water partition coefficient (Wildman–Crippen LogP) is 8.88. The molecule has 0 aromatic heterocycles. The van der Waals surface area contributed by atoms with Gasteiger partial charge in [0.2, 0.25) is 0 Å². The van der Waals surface area contributed by atoms with E-state index in [1.807, 2.05) is 12.4 Å². The van der Waals surface area contributed by atoms with Gasteiger partial charge in [0, 0.05) is 42.7 Å². The average Bonchev–Trinajstić information content (AvgIpc) is 3.19. The Kier molecular flexibility index (Phi) is 10.9. The summed E-state index contributed by atoms with van der Waals surface area (Å²) in [5.41, 5.74) is 8.73. The smallest absolute Gasteiger partial charge is 0.161 e. The molecule has 2 heterocycles. The van der Waals surface area contributed by atoms with Crippen LogP contribution in [0.25, 0.3) is 5.57 Å². The molecule has 1 atom stereocenters. The summed E-state index contributed by atoms with van der Waals surface area (Å²) in [4.78, 5) is 20.0. The molecule has 1 aromatic carbocycles. The van der Waals surface area contributed by atoms with E-state index in [0.717, 1.165) is 50.8 Å². The van der Waals surface area contributed by atoms with E-state index in [0.29, 0.717) is 24.7 Å². The summed E-state index contributed by atoms with van der Waals surface area (Å²) < 4.78 is 0. The lowest BCUT2D eigenvalue weighted by atomic mass is 9.76. The second-order valence-corrected chi connectivity index (χ2v) is 13.1. The molecule has 4 aliphatic rings. The second-order valence-electron chi connectivity index (χ2n) is 13.1. The van der Waals surface area contributed by atoms with E-state index in [2.05, 4.69) is 91.4 Å². The number of fused-ring (bicyclic) bond motifs is 1. The van der Waals surface area contributed by atoms with Crippen LogP contribution in [-0.2, 0) is 4.79 Å². The molecule has 0 bridgehead atoms. The van der Waals surface area contributed by atoms with E-state index in [1.54, 1.807) is 0 Å². The predicted molar refractivity (Wildman–Crippen MR) is 180 cm³/mol. The number of hydrogen-bond acceptors (Lipinski definition) is 4. The third-order valence-corrected chi connectivity index (χ3v) is 9.38. The number of aliphatic hydroxyl groups is 1. The van der Waals surface area contributed by atoms with E-state index in [9.17, 15) is 9.90 Å². The summed E-state index contributed by atoms with van der Waals surface area (Å²) in [7, 11) is 0. The topological polar surface area (TPSA) is 52.9 Å². The van der Waals surface area contributed by atoms with Gasteiger partial charge in [-0.05, 0) is 103 Å². The molecule has 5 rings (SSSR count). The summed E-state index contributed by atoms with van der Waals surface area (Å²) in [6.45, 7) is 8.57. The van der Waals surface area contributed by atoms with Crippen LogP contribution in [0.1, 0.15) is 102 Å². The molecular weight excluding hydrogens is 528 g/mol. The van der Waals surface area contributed by atoms with Gasteiger partial charge >= 0.3 is 0 Å². The van der Waals surface area contributed by atoms with Crippen molar-refractivity contribution < 1.29 is 9.90 Å². The van der Waals surface area contributed by atoms with Crippen LogP contribution in [0.4, 0.5) is 0 Å². The number of benzene rings is 1. The van der Waals surface area contributed by atoms with Crippen molar-refractivity contribution in [2.24, 2.45) is 16.8 Å². The van der Waals surface area contributed by atoms with Crippen LogP contribution < -0.4 is 0 Å². The molecule has 1 unspecified atom stereocenters. The van der Waals surface area contributed by atoms with Crippen molar-refractivity contribution >= 4 is 17.6 Å². The Hall–Kier alpha value is -3.24. The maximum Gasteiger partial charge on any atom is 0.161 e. The second kappa shape index (κ2) is 15.0. The molecule has 4 heteroatoms. The number of carbonyl (C=O) groups is 1. The third kappa shape index (κ3) is 8.03. The van der Waals surface area contributed by atoms with E-state index < -0.39 is 0 Å². The SMILES string of the molecule is CCCCC(C/C=C/C(C)C)c1ccc(C2=CCC3=CN=CC=C(N4CC/C=C(\C(=O)C5CC(O)C5)CCC4)C3=C2)cc1. The number of Topliss-reactive ketones (excluding diaryl/α,β-unsaturated/α-hetero) is 1. The molecule has 2 aliphatic heterocycles. The summed E-state index contributed by atoms with van der Waals surface area (Å²) in [5.74, 6) is 1.46. The van der Waals surface area contributed by atoms with Gasteiger partial charge in [0.05, 0.1) is 6.10 Å². The van der Waals surface area contributed by atoms with Gasteiger partial charge in [-0.25, -0.2) is 0 Å². The Morgan fingerprint density at radius 3 is 2.70 bits per heavy atom. The highest BCUT2D eigenvalue weighted by Crippen LogP contribution is 2.37. The van der Waals surface area contributed by atoms with Crippen molar-refractivity contribution in [2.75, 3.05) is 13.1 Å². The van der Waals surface area contributed by atoms with Gasteiger partial charge in [-0.1, -0.05) is 82.2 Å². The Morgan fingerprint density at radius 1 is 1.14 bits per heavy atom. The number of aliphatic hydroxyl groups excluding tert-OH is 1. The minimum absolute atomic E-state index is 0.0286. The van der Waals surface area contributed by atoms with Crippen LogP contribution >= 0.6 is 0 Å². The van der Waals surface area contributed by atoms with Crippen molar-refractivity contribution in [3.63, 3.8) is 0 Å². The van der Waals surface area contributed by atoms with Gasteiger partial charge in [-0.2, -0.15) is 0 Å². The number of unbranched alkanes of at least 4 members (excludes halogenated alkanes) is 1. The molecule has 1 fully saturated rings. The molecule has 0 spiro atoms. The number of aliphatic imine (C=N–C) groups is 1. The zero-order valence-electron chi connectivity index (χ0n) is 26.5. The first-order chi connectivity index (χ1) is 20.9. The van der Waals surface area contributed by atoms with Crippen LogP contribution in [0, 0.1) is 11.8 Å². The summed E-state index contributed by atoms with van der Waals surface area (Å²) in [6.07, 6.45) is 27.0. The highest BCUT2D eigenvalue weighted by Gasteiger charge is 2.34. The van der Waals surface area contributed by atoms with Gasteiger partial charge in [0.15, 0.2) is 5.78 Å². The monoisotopic (exact) mass is 578 g/mol. The summed E-state index contributed by atoms with van der Waals surface area (Å²) in [5, 5.41) is 9.65. The quantitative estimate of drug-likeness (QED) is 0.267. The zero-order valence-corrected chi connectivity index (χ0v) is 26.5. The fourth-order valence-electron chi connectivity index (χ4n) is 6.74. The van der Waals surface area contributed by atoms with E-state index in [1.165, 1.54) is 52.8 Å². The molecule has 43 heavy (non-hydrogen) atoms. The molecule has 228 valence electrons. The van der Waals surface area contributed by atoms with Gasteiger partial charge in [0.1, 0.15) is 0 Å². The van der Waals surface area contributed by atoms with Crippen LogP contribution in [-0.4, -0.2) is 41.2 Å². The molecule has 0 saturated heterocycles. The van der Waals surface area contributed by atoms with Crippen LogP contribution in [0.15, 0.2) is 94.3 Å². The number of carbonyl (C=O) groups excluding carboxylic acids is 1. The van der Waals surface area contributed by atoms with Gasteiger partial charge in [0.25, 0.3) is 0 Å². The van der Waals surface area contributed by atoms with Crippen LogP contribution in [0.3, 0.4) is 0 Å². The fraction of sp³-hybridized carbons (Fsp3) is 0.487. The van der Waals surface area contributed by atoms with E-state index in [4.69, 9.17) is 0 Å². The highest BCUT2D eigenvalue weighted by atomic mass is 16.3. The molecule has 0 radical (unpaired) electrons. The average molecular weight is 579 g/mol. The standard InChI is InChI=1S/C39H50N2O2/c1-4-5-10-29(11-6-9-28(2)3)30-14-16-31(17-15-30)33-18-19-34-27-40-21-20-38(37(34)26-33)41-22-7-12-32(13-8-23-41)39(43)35-24-36(42)25-35/h6,9,12,14-18,20-21,26-29,35-36,42H,4-5,7-8,10-11,13,19,22-25H2,1-3H3/b9-6+,32-12-. The number of nitrogens with zero attached hydrogens (tertiary/aromatic N) is 2. The Labute approximate surface area is 259 Å². The maximum atomic E-state index is 12.9. The van der Waals surface area contributed by atoms with Gasteiger partial charge < -0.3 is 10.0 Å². The van der Waals surface area contributed by atoms with Gasteiger partial charge in [-0.15, -0.1) is 0 Å².